The molecule has 1 aliphatic heterocycles. The van der Waals surface area contributed by atoms with Crippen LogP contribution in [0, 0.1) is 0 Å². The van der Waals surface area contributed by atoms with Gasteiger partial charge in [-0.15, -0.1) is 0 Å². The molecule has 2 N–H and O–H groups in total. The van der Waals surface area contributed by atoms with Crippen molar-refractivity contribution in [3.8, 4) is 0 Å². The van der Waals surface area contributed by atoms with Gasteiger partial charge in [-0.1, -0.05) is 19.1 Å². The Bertz CT molecular complexity index is 557. The maximum absolute atomic E-state index is 5.96. The molecular formula is C16H24N4S. The van der Waals surface area contributed by atoms with Crippen LogP contribution in [0.2, 0.25) is 0 Å². The summed E-state index contributed by atoms with van der Waals surface area (Å²) in [5.41, 5.74) is 9.51. The standard InChI is InChI=1S/C16H24N4S/c1-3-12-10-20(8-7-19(12)2)16-13(15(17)21)9-11-5-4-6-14(11)18-16/h9,12H,3-8,10H2,1-2H3,(H2,17,21). The molecule has 1 aromatic rings. The lowest BCUT2D eigenvalue weighted by molar-refractivity contribution is 0.213. The second kappa shape index (κ2) is 5.89. The quantitative estimate of drug-likeness (QED) is 0.862. The molecule has 1 aliphatic carbocycles. The summed E-state index contributed by atoms with van der Waals surface area (Å²) in [7, 11) is 2.20. The summed E-state index contributed by atoms with van der Waals surface area (Å²) in [6.45, 7) is 5.31. The van der Waals surface area contributed by atoms with Gasteiger partial charge in [0.15, 0.2) is 0 Å². The molecule has 0 saturated carbocycles. The Morgan fingerprint density at radius 1 is 1.43 bits per heavy atom. The predicted octanol–water partition coefficient (Wildman–Crippen LogP) is 1.73. The number of fused-ring (bicyclic) bond motifs is 1. The molecule has 1 atom stereocenters. The molecule has 1 aromatic heterocycles. The van der Waals surface area contributed by atoms with Crippen LogP contribution in [0.4, 0.5) is 5.82 Å². The van der Waals surface area contributed by atoms with Crippen LogP contribution in [0.1, 0.15) is 36.6 Å². The minimum Gasteiger partial charge on any atom is -0.389 e. The first-order valence-electron chi connectivity index (χ1n) is 7.88. The third kappa shape index (κ3) is 2.77. The van der Waals surface area contributed by atoms with Gasteiger partial charge >= 0.3 is 0 Å². The van der Waals surface area contributed by atoms with Gasteiger partial charge in [0.2, 0.25) is 0 Å². The molecule has 1 saturated heterocycles. The minimum atomic E-state index is 0.471. The van der Waals surface area contributed by atoms with Crippen molar-refractivity contribution in [1.29, 1.82) is 0 Å². The maximum atomic E-state index is 5.96. The molecule has 0 amide bonds. The number of aryl methyl sites for hydroxylation is 2. The molecule has 0 aromatic carbocycles. The lowest BCUT2D eigenvalue weighted by Gasteiger charge is -2.40. The van der Waals surface area contributed by atoms with Crippen LogP contribution in [0.3, 0.4) is 0 Å². The van der Waals surface area contributed by atoms with Crippen molar-refractivity contribution in [2.75, 3.05) is 31.6 Å². The normalized spacial score (nSPS) is 22.4. The molecule has 3 rings (SSSR count). The van der Waals surface area contributed by atoms with Crippen LogP contribution in [0.25, 0.3) is 0 Å². The fourth-order valence-electron chi connectivity index (χ4n) is 3.46. The van der Waals surface area contributed by atoms with E-state index in [1.165, 1.54) is 17.7 Å². The van der Waals surface area contributed by atoms with Gasteiger partial charge in [-0.25, -0.2) is 4.98 Å². The summed E-state index contributed by atoms with van der Waals surface area (Å²) >= 11 is 5.27. The van der Waals surface area contributed by atoms with E-state index in [9.17, 15) is 0 Å². The zero-order chi connectivity index (χ0) is 15.0. The van der Waals surface area contributed by atoms with E-state index in [1.807, 2.05) is 0 Å². The molecule has 5 heteroatoms. The Hall–Kier alpha value is -1.20. The fourth-order valence-corrected chi connectivity index (χ4v) is 3.61. The zero-order valence-electron chi connectivity index (χ0n) is 12.9. The summed E-state index contributed by atoms with van der Waals surface area (Å²) in [6, 6.07) is 2.76. The molecule has 1 fully saturated rings. The molecule has 1 unspecified atom stereocenters. The molecule has 2 aliphatic rings. The van der Waals surface area contributed by atoms with Crippen LogP contribution >= 0.6 is 12.2 Å². The molecule has 0 bridgehead atoms. The van der Waals surface area contributed by atoms with E-state index in [0.717, 1.165) is 50.3 Å². The number of likely N-dealkylation sites (N-methyl/N-ethyl adjacent to an activating group) is 1. The van der Waals surface area contributed by atoms with E-state index < -0.39 is 0 Å². The van der Waals surface area contributed by atoms with Crippen molar-refractivity contribution in [2.45, 2.75) is 38.6 Å². The third-order valence-electron chi connectivity index (χ3n) is 4.84. The summed E-state index contributed by atoms with van der Waals surface area (Å²) < 4.78 is 0. The van der Waals surface area contributed by atoms with E-state index in [0.29, 0.717) is 11.0 Å². The largest absolute Gasteiger partial charge is 0.389 e. The van der Waals surface area contributed by atoms with Gasteiger partial charge in [0.1, 0.15) is 10.8 Å². The van der Waals surface area contributed by atoms with Crippen molar-refractivity contribution < 1.29 is 0 Å². The summed E-state index contributed by atoms with van der Waals surface area (Å²) in [5.74, 6) is 1.01. The number of aromatic nitrogens is 1. The van der Waals surface area contributed by atoms with Gasteiger partial charge in [-0.2, -0.15) is 0 Å². The van der Waals surface area contributed by atoms with Gasteiger partial charge in [0.25, 0.3) is 0 Å². The number of rotatable bonds is 3. The molecule has 0 spiro atoms. The van der Waals surface area contributed by atoms with Crippen molar-refractivity contribution in [1.82, 2.24) is 9.88 Å². The SMILES string of the molecule is CCC1CN(c2nc3c(cc2C(N)=S)CCC3)CCN1C. The fraction of sp³-hybridized carbons (Fsp3) is 0.625. The number of hydrogen-bond donors (Lipinski definition) is 1. The van der Waals surface area contributed by atoms with Gasteiger partial charge < -0.3 is 10.6 Å². The summed E-state index contributed by atoms with van der Waals surface area (Å²) in [4.78, 5) is 10.2. The Balaban J connectivity index is 1.95. The maximum Gasteiger partial charge on any atom is 0.139 e. The highest BCUT2D eigenvalue weighted by Crippen LogP contribution is 2.29. The molecule has 114 valence electrons. The van der Waals surface area contributed by atoms with Crippen LogP contribution < -0.4 is 10.6 Å². The number of nitrogens with zero attached hydrogens (tertiary/aromatic N) is 3. The molecule has 0 radical (unpaired) electrons. The first-order chi connectivity index (χ1) is 10.1. The number of nitrogens with two attached hydrogens (primary N) is 1. The van der Waals surface area contributed by atoms with E-state index in [2.05, 4.69) is 29.8 Å². The number of thiocarbonyl (C=S) groups is 1. The van der Waals surface area contributed by atoms with Gasteiger partial charge in [-0.05, 0) is 44.4 Å². The highest BCUT2D eigenvalue weighted by atomic mass is 32.1. The highest BCUT2D eigenvalue weighted by molar-refractivity contribution is 7.80. The van der Waals surface area contributed by atoms with E-state index in [-0.39, 0.29) is 0 Å². The summed E-state index contributed by atoms with van der Waals surface area (Å²) in [6.07, 6.45) is 4.55. The zero-order valence-corrected chi connectivity index (χ0v) is 13.7. The Kier molecular flexibility index (Phi) is 4.13. The van der Waals surface area contributed by atoms with Gasteiger partial charge in [-0.3, -0.25) is 4.90 Å². The molecule has 2 heterocycles. The third-order valence-corrected chi connectivity index (χ3v) is 5.06. The average Bonchev–Trinajstić information content (AvgIpc) is 2.93. The Labute approximate surface area is 132 Å². The van der Waals surface area contributed by atoms with Gasteiger partial charge in [0, 0.05) is 31.4 Å². The van der Waals surface area contributed by atoms with E-state index in [1.54, 1.807) is 0 Å². The highest BCUT2D eigenvalue weighted by Gasteiger charge is 2.27. The Morgan fingerprint density at radius 3 is 2.95 bits per heavy atom. The van der Waals surface area contributed by atoms with E-state index in [4.69, 9.17) is 22.9 Å². The summed E-state index contributed by atoms with van der Waals surface area (Å²) in [5, 5.41) is 0. The average molecular weight is 304 g/mol. The predicted molar refractivity (Wildman–Crippen MR) is 91.1 cm³/mol. The lowest BCUT2D eigenvalue weighted by Crippen LogP contribution is -2.51. The second-order valence-corrected chi connectivity index (χ2v) is 6.61. The van der Waals surface area contributed by atoms with E-state index >= 15 is 0 Å². The van der Waals surface area contributed by atoms with Gasteiger partial charge in [0.05, 0.1) is 5.56 Å². The van der Waals surface area contributed by atoms with Crippen LogP contribution in [0.5, 0.6) is 0 Å². The minimum absolute atomic E-state index is 0.471. The molecular weight excluding hydrogens is 280 g/mol. The number of pyridine rings is 1. The monoisotopic (exact) mass is 304 g/mol. The number of hydrogen-bond acceptors (Lipinski definition) is 4. The number of piperazine rings is 1. The lowest BCUT2D eigenvalue weighted by atomic mass is 10.1. The molecule has 21 heavy (non-hydrogen) atoms. The van der Waals surface area contributed by atoms with Crippen molar-refractivity contribution in [2.24, 2.45) is 5.73 Å². The van der Waals surface area contributed by atoms with Crippen molar-refractivity contribution in [3.63, 3.8) is 0 Å². The van der Waals surface area contributed by atoms with Crippen LogP contribution in [0.15, 0.2) is 6.07 Å². The first-order valence-corrected chi connectivity index (χ1v) is 8.28. The first kappa shape index (κ1) is 14.7. The number of anilines is 1. The second-order valence-electron chi connectivity index (χ2n) is 6.17. The van der Waals surface area contributed by atoms with Crippen LogP contribution in [-0.2, 0) is 12.8 Å². The molecule has 4 nitrogen and oxygen atoms in total. The Morgan fingerprint density at radius 2 is 2.24 bits per heavy atom. The smallest absolute Gasteiger partial charge is 0.139 e. The van der Waals surface area contributed by atoms with Crippen molar-refractivity contribution >= 4 is 23.0 Å². The van der Waals surface area contributed by atoms with Crippen molar-refractivity contribution in [3.05, 3.63) is 22.9 Å². The van der Waals surface area contributed by atoms with Crippen LogP contribution in [-0.4, -0.2) is 47.6 Å². The topological polar surface area (TPSA) is 45.4 Å².